The standard InChI is InChI=1S/C16H21N3OS/c1-2-17-15-13-11-4-3-5-12(11)21-16(13)19-14(18-15)10-6-8-20-9-7-10/h10H,2-9H2,1H3,(H,17,18,19). The first-order chi connectivity index (χ1) is 10.4. The molecule has 0 atom stereocenters. The van der Waals surface area contributed by atoms with Crippen molar-refractivity contribution in [3.8, 4) is 0 Å². The van der Waals surface area contributed by atoms with Crippen LogP contribution in [0.25, 0.3) is 10.2 Å². The summed E-state index contributed by atoms with van der Waals surface area (Å²) in [6, 6.07) is 0. The molecule has 4 rings (SSSR count). The lowest BCUT2D eigenvalue weighted by Crippen LogP contribution is -2.17. The van der Waals surface area contributed by atoms with E-state index in [1.807, 2.05) is 11.3 Å². The van der Waals surface area contributed by atoms with Crippen LogP contribution in [0.3, 0.4) is 0 Å². The molecule has 2 aromatic rings. The van der Waals surface area contributed by atoms with E-state index in [4.69, 9.17) is 14.7 Å². The first-order valence-electron chi connectivity index (χ1n) is 8.00. The molecule has 1 aliphatic carbocycles. The highest BCUT2D eigenvalue weighted by Crippen LogP contribution is 2.40. The largest absolute Gasteiger partial charge is 0.381 e. The molecule has 0 aromatic carbocycles. The highest BCUT2D eigenvalue weighted by molar-refractivity contribution is 7.19. The van der Waals surface area contributed by atoms with Gasteiger partial charge in [0, 0.05) is 30.6 Å². The summed E-state index contributed by atoms with van der Waals surface area (Å²) >= 11 is 1.88. The molecule has 0 unspecified atom stereocenters. The van der Waals surface area contributed by atoms with Crippen molar-refractivity contribution in [1.29, 1.82) is 0 Å². The Bertz CT molecular complexity index is 661. The van der Waals surface area contributed by atoms with Crippen molar-refractivity contribution in [2.45, 2.75) is 44.9 Å². The predicted octanol–water partition coefficient (Wildman–Crippen LogP) is 3.51. The van der Waals surface area contributed by atoms with Crippen LogP contribution in [0.5, 0.6) is 0 Å². The van der Waals surface area contributed by atoms with Gasteiger partial charge in [0.1, 0.15) is 16.5 Å². The fourth-order valence-corrected chi connectivity index (χ4v) is 4.71. The number of ether oxygens (including phenoxy) is 1. The van der Waals surface area contributed by atoms with Gasteiger partial charge in [0.05, 0.1) is 5.39 Å². The van der Waals surface area contributed by atoms with E-state index in [0.29, 0.717) is 5.92 Å². The lowest BCUT2D eigenvalue weighted by atomic mass is 9.99. The minimum atomic E-state index is 0.456. The highest BCUT2D eigenvalue weighted by atomic mass is 32.1. The number of aryl methyl sites for hydroxylation is 2. The topological polar surface area (TPSA) is 47.0 Å². The van der Waals surface area contributed by atoms with E-state index < -0.39 is 0 Å². The van der Waals surface area contributed by atoms with E-state index in [2.05, 4.69) is 12.2 Å². The molecule has 0 saturated carbocycles. The number of rotatable bonds is 3. The maximum atomic E-state index is 5.47. The van der Waals surface area contributed by atoms with Crippen molar-refractivity contribution in [1.82, 2.24) is 9.97 Å². The number of fused-ring (bicyclic) bond motifs is 3. The number of nitrogens with one attached hydrogen (secondary N) is 1. The Hall–Kier alpha value is -1.20. The molecule has 21 heavy (non-hydrogen) atoms. The van der Waals surface area contributed by atoms with Crippen LogP contribution in [0, 0.1) is 0 Å². The molecular formula is C16H21N3OS. The van der Waals surface area contributed by atoms with Gasteiger partial charge in [-0.2, -0.15) is 0 Å². The van der Waals surface area contributed by atoms with E-state index in [1.54, 1.807) is 0 Å². The molecule has 0 bridgehead atoms. The van der Waals surface area contributed by atoms with Crippen molar-refractivity contribution < 1.29 is 4.74 Å². The maximum Gasteiger partial charge on any atom is 0.138 e. The van der Waals surface area contributed by atoms with Crippen LogP contribution in [0.2, 0.25) is 0 Å². The molecule has 112 valence electrons. The number of hydrogen-bond donors (Lipinski definition) is 1. The van der Waals surface area contributed by atoms with Crippen LogP contribution in [0.4, 0.5) is 5.82 Å². The average Bonchev–Trinajstić information content (AvgIpc) is 3.08. The third kappa shape index (κ3) is 2.32. The molecule has 1 N–H and O–H groups in total. The van der Waals surface area contributed by atoms with Gasteiger partial charge in [0.2, 0.25) is 0 Å². The van der Waals surface area contributed by atoms with Crippen LogP contribution < -0.4 is 5.32 Å². The quantitative estimate of drug-likeness (QED) is 0.942. The van der Waals surface area contributed by atoms with Crippen LogP contribution in [0.15, 0.2) is 0 Å². The zero-order chi connectivity index (χ0) is 14.2. The molecule has 2 aromatic heterocycles. The third-order valence-electron chi connectivity index (χ3n) is 4.51. The Labute approximate surface area is 128 Å². The zero-order valence-electron chi connectivity index (χ0n) is 12.4. The van der Waals surface area contributed by atoms with Crippen LogP contribution in [0.1, 0.15) is 48.4 Å². The van der Waals surface area contributed by atoms with Crippen LogP contribution in [-0.2, 0) is 17.6 Å². The van der Waals surface area contributed by atoms with E-state index in [9.17, 15) is 0 Å². The van der Waals surface area contributed by atoms with Crippen molar-refractivity contribution >= 4 is 27.4 Å². The summed E-state index contributed by atoms with van der Waals surface area (Å²) in [5, 5.41) is 4.77. The van der Waals surface area contributed by atoms with Gasteiger partial charge in [0.25, 0.3) is 0 Å². The first kappa shape index (κ1) is 13.5. The fraction of sp³-hybridized carbons (Fsp3) is 0.625. The molecule has 0 spiro atoms. The lowest BCUT2D eigenvalue weighted by molar-refractivity contribution is 0.0837. The molecule has 5 heteroatoms. The number of nitrogens with zero attached hydrogens (tertiary/aromatic N) is 2. The third-order valence-corrected chi connectivity index (χ3v) is 5.70. The summed E-state index contributed by atoms with van der Waals surface area (Å²) in [6.07, 6.45) is 5.77. The molecule has 0 amide bonds. The number of thiophene rings is 1. The van der Waals surface area contributed by atoms with E-state index >= 15 is 0 Å². The van der Waals surface area contributed by atoms with Crippen molar-refractivity contribution in [2.24, 2.45) is 0 Å². The lowest BCUT2D eigenvalue weighted by Gasteiger charge is -2.21. The summed E-state index contributed by atoms with van der Waals surface area (Å²) in [5.74, 6) is 2.53. The van der Waals surface area contributed by atoms with E-state index in [0.717, 1.165) is 44.2 Å². The Balaban J connectivity index is 1.82. The number of aromatic nitrogens is 2. The molecule has 1 saturated heterocycles. The summed E-state index contributed by atoms with van der Waals surface area (Å²) in [4.78, 5) is 12.5. The molecule has 3 heterocycles. The second kappa shape index (κ2) is 5.54. The van der Waals surface area contributed by atoms with Gasteiger partial charge < -0.3 is 10.1 Å². The minimum Gasteiger partial charge on any atom is -0.381 e. The van der Waals surface area contributed by atoms with Gasteiger partial charge in [-0.25, -0.2) is 9.97 Å². The molecular weight excluding hydrogens is 282 g/mol. The molecule has 1 aliphatic heterocycles. The van der Waals surface area contributed by atoms with Crippen LogP contribution in [-0.4, -0.2) is 29.7 Å². The summed E-state index contributed by atoms with van der Waals surface area (Å²) in [5.41, 5.74) is 1.50. The van der Waals surface area contributed by atoms with Gasteiger partial charge in [0.15, 0.2) is 0 Å². The van der Waals surface area contributed by atoms with Crippen molar-refractivity contribution in [3.63, 3.8) is 0 Å². The number of hydrogen-bond acceptors (Lipinski definition) is 5. The molecule has 4 nitrogen and oxygen atoms in total. The zero-order valence-corrected chi connectivity index (χ0v) is 13.3. The Morgan fingerprint density at radius 1 is 1.24 bits per heavy atom. The molecule has 2 aliphatic rings. The second-order valence-electron chi connectivity index (χ2n) is 5.88. The monoisotopic (exact) mass is 303 g/mol. The smallest absolute Gasteiger partial charge is 0.138 e. The summed E-state index contributed by atoms with van der Waals surface area (Å²) < 4.78 is 5.47. The van der Waals surface area contributed by atoms with Crippen molar-refractivity contribution in [3.05, 3.63) is 16.3 Å². The van der Waals surface area contributed by atoms with Gasteiger partial charge in [-0.1, -0.05) is 0 Å². The predicted molar refractivity (Wildman–Crippen MR) is 86.4 cm³/mol. The Kier molecular flexibility index (Phi) is 3.55. The number of anilines is 1. The van der Waals surface area contributed by atoms with Gasteiger partial charge in [-0.15, -0.1) is 11.3 Å². The van der Waals surface area contributed by atoms with E-state index in [-0.39, 0.29) is 0 Å². The normalized spacial score (nSPS) is 19.1. The average molecular weight is 303 g/mol. The Morgan fingerprint density at radius 3 is 2.90 bits per heavy atom. The minimum absolute atomic E-state index is 0.456. The van der Waals surface area contributed by atoms with Gasteiger partial charge in [-0.05, 0) is 44.6 Å². The molecule has 0 radical (unpaired) electrons. The summed E-state index contributed by atoms with van der Waals surface area (Å²) in [7, 11) is 0. The van der Waals surface area contributed by atoms with Crippen LogP contribution >= 0.6 is 11.3 Å². The maximum absolute atomic E-state index is 5.47. The highest BCUT2D eigenvalue weighted by Gasteiger charge is 2.25. The fourth-order valence-electron chi connectivity index (χ4n) is 3.45. The van der Waals surface area contributed by atoms with Gasteiger partial charge >= 0.3 is 0 Å². The summed E-state index contributed by atoms with van der Waals surface area (Å²) in [6.45, 7) is 4.71. The Morgan fingerprint density at radius 2 is 2.10 bits per heavy atom. The first-order valence-corrected chi connectivity index (χ1v) is 8.82. The van der Waals surface area contributed by atoms with Crippen molar-refractivity contribution in [2.75, 3.05) is 25.1 Å². The SMILES string of the molecule is CCNc1nc(C2CCOCC2)nc2sc3c(c12)CCC3. The van der Waals surface area contributed by atoms with Gasteiger partial charge in [-0.3, -0.25) is 0 Å². The van der Waals surface area contributed by atoms with E-state index in [1.165, 1.54) is 39.9 Å². The molecule has 1 fully saturated rings. The second-order valence-corrected chi connectivity index (χ2v) is 6.97.